The van der Waals surface area contributed by atoms with Crippen LogP contribution in [0.15, 0.2) is 24.4 Å². The van der Waals surface area contributed by atoms with Crippen molar-refractivity contribution in [2.24, 2.45) is 5.92 Å². The second-order valence-corrected chi connectivity index (χ2v) is 8.05. The molecule has 0 saturated carbocycles. The molecule has 7 nitrogen and oxygen atoms in total. The van der Waals surface area contributed by atoms with Gasteiger partial charge in [-0.3, -0.25) is 9.88 Å². The van der Waals surface area contributed by atoms with E-state index in [0.717, 1.165) is 44.5 Å². The van der Waals surface area contributed by atoms with Crippen molar-refractivity contribution in [1.29, 1.82) is 0 Å². The normalized spacial score (nSPS) is 29.7. The van der Waals surface area contributed by atoms with Crippen molar-refractivity contribution in [2.75, 3.05) is 33.4 Å². The number of aromatic nitrogens is 1. The predicted octanol–water partition coefficient (Wildman–Crippen LogP) is 2.75. The third-order valence-corrected chi connectivity index (χ3v) is 6.55. The summed E-state index contributed by atoms with van der Waals surface area (Å²) < 4.78 is 10.7. The van der Waals surface area contributed by atoms with Crippen LogP contribution in [0.1, 0.15) is 37.4 Å². The maximum absolute atomic E-state index is 12.1. The van der Waals surface area contributed by atoms with Crippen molar-refractivity contribution in [2.45, 2.75) is 49.9 Å². The van der Waals surface area contributed by atoms with Gasteiger partial charge in [0, 0.05) is 18.2 Å². The van der Waals surface area contributed by atoms with Gasteiger partial charge in [-0.05, 0) is 50.9 Å². The number of methoxy groups -OCH3 is 1. The number of hydrogen-bond acceptors (Lipinski definition) is 5. The minimum Gasteiger partial charge on any atom is -0.453 e. The molecule has 3 fully saturated rings. The van der Waals surface area contributed by atoms with Crippen LogP contribution in [0.4, 0.5) is 4.79 Å². The summed E-state index contributed by atoms with van der Waals surface area (Å²) >= 11 is 0. The number of carbonyl (C=O) groups is 1. The van der Waals surface area contributed by atoms with E-state index < -0.39 is 0 Å². The van der Waals surface area contributed by atoms with Gasteiger partial charge in [0.2, 0.25) is 0 Å². The number of nitrogens with zero attached hydrogens (tertiary/aromatic N) is 4. The number of morpholine rings is 1. The van der Waals surface area contributed by atoms with Crippen LogP contribution >= 0.6 is 0 Å². The smallest absolute Gasteiger partial charge is 0.410 e. The molecule has 3 aliphatic rings. The molecular weight excluding hydrogens is 356 g/mol. The van der Waals surface area contributed by atoms with Crippen molar-refractivity contribution in [3.05, 3.63) is 41.5 Å². The Morgan fingerprint density at radius 1 is 1.25 bits per heavy atom. The van der Waals surface area contributed by atoms with Crippen molar-refractivity contribution in [1.82, 2.24) is 14.8 Å². The van der Waals surface area contributed by atoms with Crippen LogP contribution in [0.5, 0.6) is 0 Å². The van der Waals surface area contributed by atoms with E-state index in [1.165, 1.54) is 7.11 Å². The Morgan fingerprint density at radius 2 is 1.96 bits per heavy atom. The number of hydrogen-bond donors (Lipinski definition) is 0. The molecule has 1 amide bonds. The van der Waals surface area contributed by atoms with Gasteiger partial charge in [0.25, 0.3) is 6.04 Å². The first-order chi connectivity index (χ1) is 13.7. The van der Waals surface area contributed by atoms with Crippen LogP contribution < -0.4 is 0 Å². The summed E-state index contributed by atoms with van der Waals surface area (Å²) in [6.07, 6.45) is 5.45. The average molecular weight is 384 g/mol. The zero-order valence-corrected chi connectivity index (χ0v) is 16.4. The molecule has 150 valence electrons. The summed E-state index contributed by atoms with van der Waals surface area (Å²) in [4.78, 5) is 24.9. The molecule has 3 saturated heterocycles. The molecule has 3 aliphatic heterocycles. The van der Waals surface area contributed by atoms with Gasteiger partial charge in [-0.25, -0.2) is 11.4 Å². The van der Waals surface area contributed by atoms with Crippen molar-refractivity contribution in [3.63, 3.8) is 0 Å². The molecule has 1 aromatic heterocycles. The minimum atomic E-state index is -0.231. The Bertz CT molecular complexity index is 700. The van der Waals surface area contributed by atoms with Gasteiger partial charge in [-0.15, -0.1) is 0 Å². The maximum atomic E-state index is 12.1. The summed E-state index contributed by atoms with van der Waals surface area (Å²) in [6, 6.07) is 6.37. The number of rotatable bonds is 3. The van der Waals surface area contributed by atoms with Gasteiger partial charge in [0.15, 0.2) is 0 Å². The molecule has 4 rings (SSSR count). The van der Waals surface area contributed by atoms with Gasteiger partial charge >= 0.3 is 6.09 Å². The molecule has 0 N–H and O–H groups in total. The number of pyridine rings is 1. The minimum absolute atomic E-state index is 0.104. The van der Waals surface area contributed by atoms with E-state index in [4.69, 9.17) is 16.0 Å². The Labute approximate surface area is 166 Å². The van der Waals surface area contributed by atoms with Crippen molar-refractivity contribution in [3.8, 4) is 0 Å². The van der Waals surface area contributed by atoms with E-state index in [-0.39, 0.29) is 24.2 Å². The highest BCUT2D eigenvalue weighted by atomic mass is 16.5. The van der Waals surface area contributed by atoms with Gasteiger partial charge in [-0.1, -0.05) is 6.07 Å². The first-order valence-electron chi connectivity index (χ1n) is 10.2. The van der Waals surface area contributed by atoms with Crippen LogP contribution in [0.3, 0.4) is 0 Å². The zero-order chi connectivity index (χ0) is 19.5. The Hall–Kier alpha value is -2.17. The molecular formula is C21H28N4O3. The lowest BCUT2D eigenvalue weighted by molar-refractivity contribution is -0.0860. The van der Waals surface area contributed by atoms with Gasteiger partial charge in [0.05, 0.1) is 32.4 Å². The van der Waals surface area contributed by atoms with E-state index >= 15 is 0 Å². The van der Waals surface area contributed by atoms with Crippen molar-refractivity contribution >= 4 is 6.09 Å². The molecule has 0 spiro atoms. The molecule has 1 aromatic rings. The standard InChI is InChI=1S/C21H28N4O3/c1-22-20(19-5-3-4-8-23-19)15-6-9-24(10-7-15)16-11-17-13-28-14-18(12-16)25(17)21(26)27-2/h3-5,8,15-18,20H,6-7,9-14H2,2H3. The van der Waals surface area contributed by atoms with Crippen molar-refractivity contribution < 1.29 is 14.3 Å². The highest BCUT2D eigenvalue weighted by Crippen LogP contribution is 2.36. The van der Waals surface area contributed by atoms with Gasteiger partial charge in [0.1, 0.15) is 5.69 Å². The third kappa shape index (κ3) is 3.71. The molecule has 7 heteroatoms. The molecule has 4 heterocycles. The van der Waals surface area contributed by atoms with E-state index in [1.807, 2.05) is 23.1 Å². The van der Waals surface area contributed by atoms with Crippen LogP contribution in [-0.2, 0) is 9.47 Å². The summed E-state index contributed by atoms with van der Waals surface area (Å²) in [5.41, 5.74) is 0.897. The van der Waals surface area contributed by atoms with E-state index in [9.17, 15) is 4.79 Å². The molecule has 0 aromatic carbocycles. The zero-order valence-electron chi connectivity index (χ0n) is 16.4. The molecule has 0 aliphatic carbocycles. The lowest BCUT2D eigenvalue weighted by Gasteiger charge is -2.50. The number of piperidine rings is 2. The summed E-state index contributed by atoms with van der Waals surface area (Å²) in [7, 11) is 1.45. The van der Waals surface area contributed by atoms with Crippen LogP contribution in [0, 0.1) is 12.5 Å². The topological polar surface area (TPSA) is 59.3 Å². The Kier molecular flexibility index (Phi) is 5.79. The Morgan fingerprint density at radius 3 is 2.54 bits per heavy atom. The van der Waals surface area contributed by atoms with E-state index in [0.29, 0.717) is 25.2 Å². The summed E-state index contributed by atoms with van der Waals surface area (Å²) in [5, 5.41) is 0. The SMILES string of the molecule is [C-]#[N+]C(c1ccccn1)C1CCN(C2CC3COCC(C2)N3C(=O)OC)CC1. The van der Waals surface area contributed by atoms with Crippen LogP contribution in [-0.4, -0.2) is 72.4 Å². The number of carbonyl (C=O) groups excluding carboxylic acids is 1. The third-order valence-electron chi connectivity index (χ3n) is 6.55. The first-order valence-corrected chi connectivity index (χ1v) is 10.2. The maximum Gasteiger partial charge on any atom is 0.410 e. The average Bonchev–Trinajstić information content (AvgIpc) is 2.74. The lowest BCUT2D eigenvalue weighted by atomic mass is 9.84. The lowest BCUT2D eigenvalue weighted by Crippen LogP contribution is -2.62. The fraction of sp³-hybridized carbons (Fsp3) is 0.667. The number of ether oxygens (including phenoxy) is 2. The Balaban J connectivity index is 1.37. The molecule has 3 atom stereocenters. The number of likely N-dealkylation sites (tertiary alicyclic amines) is 1. The number of amides is 1. The molecule has 2 bridgehead atoms. The largest absolute Gasteiger partial charge is 0.453 e. The summed E-state index contributed by atoms with van der Waals surface area (Å²) in [6.45, 7) is 10.9. The van der Waals surface area contributed by atoms with Gasteiger partial charge < -0.3 is 19.2 Å². The highest BCUT2D eigenvalue weighted by Gasteiger charge is 2.44. The van der Waals surface area contributed by atoms with E-state index in [2.05, 4.69) is 14.7 Å². The summed E-state index contributed by atoms with van der Waals surface area (Å²) in [5.74, 6) is 0.363. The predicted molar refractivity (Wildman–Crippen MR) is 104 cm³/mol. The molecule has 28 heavy (non-hydrogen) atoms. The first kappa shape index (κ1) is 19.2. The van der Waals surface area contributed by atoms with Gasteiger partial charge in [-0.2, -0.15) is 0 Å². The van der Waals surface area contributed by atoms with Crippen LogP contribution in [0.2, 0.25) is 0 Å². The monoisotopic (exact) mass is 384 g/mol. The fourth-order valence-corrected chi connectivity index (χ4v) is 5.15. The molecule has 0 radical (unpaired) electrons. The second-order valence-electron chi connectivity index (χ2n) is 8.05. The second kappa shape index (κ2) is 8.46. The quantitative estimate of drug-likeness (QED) is 0.750. The highest BCUT2D eigenvalue weighted by molar-refractivity contribution is 5.68. The van der Waals surface area contributed by atoms with Crippen LogP contribution in [0.25, 0.3) is 4.85 Å². The molecule has 3 unspecified atom stereocenters. The van der Waals surface area contributed by atoms with E-state index in [1.54, 1.807) is 6.20 Å². The number of fused-ring (bicyclic) bond motifs is 2. The fourth-order valence-electron chi connectivity index (χ4n) is 5.15.